The first-order valence-corrected chi connectivity index (χ1v) is 7.35. The number of nitrogens with two attached hydrogens (primary N) is 1. The third-order valence-electron chi connectivity index (χ3n) is 3.71. The van der Waals surface area contributed by atoms with Gasteiger partial charge in [0.25, 0.3) is 0 Å². The van der Waals surface area contributed by atoms with Crippen molar-refractivity contribution in [2.45, 2.75) is 38.1 Å². The van der Waals surface area contributed by atoms with Crippen LogP contribution in [0.2, 0.25) is 0 Å². The van der Waals surface area contributed by atoms with Gasteiger partial charge in [0.1, 0.15) is 0 Å². The molecule has 1 saturated heterocycles. The largest absolute Gasteiger partial charge is 0.327 e. The van der Waals surface area contributed by atoms with E-state index in [-0.39, 0.29) is 11.8 Å². The quantitative estimate of drug-likeness (QED) is 0.749. The Balaban J connectivity index is 1.88. The molecular weight excluding hydrogens is 198 g/mol. The Morgan fingerprint density at radius 1 is 1.21 bits per heavy atom. The van der Waals surface area contributed by atoms with Gasteiger partial charge < -0.3 is 5.73 Å². The minimum absolute atomic E-state index is 0.102. The minimum Gasteiger partial charge on any atom is -0.327 e. The van der Waals surface area contributed by atoms with Gasteiger partial charge in [-0.3, -0.25) is 0 Å². The van der Waals surface area contributed by atoms with Gasteiger partial charge in [0.05, 0.1) is 11.5 Å². The summed E-state index contributed by atoms with van der Waals surface area (Å²) in [5.41, 5.74) is 5.90. The van der Waals surface area contributed by atoms with Gasteiger partial charge in [-0.25, -0.2) is 8.42 Å². The van der Waals surface area contributed by atoms with E-state index >= 15 is 0 Å². The Labute approximate surface area is 86.0 Å². The van der Waals surface area contributed by atoms with Gasteiger partial charge in [0.15, 0.2) is 9.84 Å². The molecule has 2 unspecified atom stereocenters. The van der Waals surface area contributed by atoms with Crippen LogP contribution < -0.4 is 5.73 Å². The molecule has 0 amide bonds. The highest BCUT2D eigenvalue weighted by molar-refractivity contribution is 7.91. The molecule has 0 radical (unpaired) electrons. The molecule has 2 fully saturated rings. The summed E-state index contributed by atoms with van der Waals surface area (Å²) in [7, 11) is -2.81. The van der Waals surface area contributed by atoms with Crippen molar-refractivity contribution < 1.29 is 8.42 Å². The summed E-state index contributed by atoms with van der Waals surface area (Å²) >= 11 is 0. The first-order chi connectivity index (χ1) is 6.57. The Bertz CT molecular complexity index is 295. The number of sulfone groups is 1. The second-order valence-electron chi connectivity index (χ2n) is 4.86. The third kappa shape index (κ3) is 2.28. The van der Waals surface area contributed by atoms with Gasteiger partial charge in [0, 0.05) is 6.04 Å². The molecule has 1 saturated carbocycles. The van der Waals surface area contributed by atoms with E-state index in [0.717, 1.165) is 18.8 Å². The minimum atomic E-state index is -2.81. The lowest BCUT2D eigenvalue weighted by molar-refractivity contribution is 0.227. The summed E-state index contributed by atoms with van der Waals surface area (Å²) in [6.07, 6.45) is 5.97. The van der Waals surface area contributed by atoms with Crippen molar-refractivity contribution in [3.8, 4) is 0 Å². The molecule has 0 bridgehead atoms. The molecule has 82 valence electrons. The highest BCUT2D eigenvalue weighted by Gasteiger charge is 2.33. The normalized spacial score (nSPS) is 37.8. The molecule has 1 heterocycles. The second-order valence-corrected chi connectivity index (χ2v) is 7.09. The molecule has 2 atom stereocenters. The van der Waals surface area contributed by atoms with Crippen molar-refractivity contribution >= 4 is 9.84 Å². The molecule has 0 aromatic heterocycles. The van der Waals surface area contributed by atoms with Crippen LogP contribution in [0.15, 0.2) is 0 Å². The van der Waals surface area contributed by atoms with E-state index in [1.54, 1.807) is 0 Å². The maximum absolute atomic E-state index is 11.3. The fourth-order valence-corrected chi connectivity index (χ4v) is 4.19. The van der Waals surface area contributed by atoms with Crippen LogP contribution in [0, 0.1) is 11.8 Å². The molecule has 0 aromatic carbocycles. The van der Waals surface area contributed by atoms with Gasteiger partial charge in [-0.1, -0.05) is 19.3 Å². The van der Waals surface area contributed by atoms with Crippen LogP contribution in [0.5, 0.6) is 0 Å². The van der Waals surface area contributed by atoms with Crippen molar-refractivity contribution in [2.24, 2.45) is 17.6 Å². The van der Waals surface area contributed by atoms with Crippen LogP contribution in [-0.2, 0) is 9.84 Å². The summed E-state index contributed by atoms with van der Waals surface area (Å²) in [5.74, 6) is 1.87. The predicted octanol–water partition coefficient (Wildman–Crippen LogP) is 0.939. The van der Waals surface area contributed by atoms with Crippen LogP contribution in [0.25, 0.3) is 0 Å². The monoisotopic (exact) mass is 217 g/mol. The van der Waals surface area contributed by atoms with E-state index in [1.165, 1.54) is 19.3 Å². The SMILES string of the molecule is NC1CS(=O)(=O)CCC1CC1CCC1. The van der Waals surface area contributed by atoms with Gasteiger partial charge in [-0.05, 0) is 24.7 Å². The topological polar surface area (TPSA) is 60.2 Å². The van der Waals surface area contributed by atoms with Crippen LogP contribution >= 0.6 is 0 Å². The zero-order valence-electron chi connectivity index (χ0n) is 8.48. The molecule has 0 spiro atoms. The summed E-state index contributed by atoms with van der Waals surface area (Å²) in [4.78, 5) is 0. The summed E-state index contributed by atoms with van der Waals surface area (Å²) in [6.45, 7) is 0. The third-order valence-corrected chi connectivity index (χ3v) is 5.46. The standard InChI is InChI=1S/C10H19NO2S/c11-10-7-14(12,13)5-4-9(10)6-8-2-1-3-8/h8-10H,1-7,11H2. The molecule has 3 nitrogen and oxygen atoms in total. The average Bonchev–Trinajstić information content (AvgIpc) is 1.98. The van der Waals surface area contributed by atoms with E-state index in [9.17, 15) is 8.42 Å². The van der Waals surface area contributed by atoms with Crippen molar-refractivity contribution in [3.63, 3.8) is 0 Å². The molecule has 1 aliphatic carbocycles. The van der Waals surface area contributed by atoms with E-state index in [0.29, 0.717) is 11.7 Å². The van der Waals surface area contributed by atoms with Crippen LogP contribution in [0.4, 0.5) is 0 Å². The fourth-order valence-electron chi connectivity index (χ4n) is 2.51. The van der Waals surface area contributed by atoms with Crippen LogP contribution in [0.1, 0.15) is 32.1 Å². The number of hydrogen-bond donors (Lipinski definition) is 1. The van der Waals surface area contributed by atoms with Crippen LogP contribution in [-0.4, -0.2) is 26.0 Å². The lowest BCUT2D eigenvalue weighted by Gasteiger charge is -2.34. The smallest absolute Gasteiger partial charge is 0.151 e. The van der Waals surface area contributed by atoms with E-state index < -0.39 is 9.84 Å². The van der Waals surface area contributed by atoms with Crippen molar-refractivity contribution in [1.82, 2.24) is 0 Å². The Morgan fingerprint density at radius 2 is 1.93 bits per heavy atom. The molecule has 2 N–H and O–H groups in total. The van der Waals surface area contributed by atoms with Gasteiger partial charge in [-0.15, -0.1) is 0 Å². The molecule has 2 rings (SSSR count). The zero-order chi connectivity index (χ0) is 10.2. The average molecular weight is 217 g/mol. The lowest BCUT2D eigenvalue weighted by atomic mass is 9.76. The van der Waals surface area contributed by atoms with E-state index in [4.69, 9.17) is 5.73 Å². The van der Waals surface area contributed by atoms with Crippen molar-refractivity contribution in [2.75, 3.05) is 11.5 Å². The Kier molecular flexibility index (Phi) is 2.84. The van der Waals surface area contributed by atoms with E-state index in [1.807, 2.05) is 0 Å². The first kappa shape index (κ1) is 10.4. The molecule has 1 aliphatic heterocycles. The predicted molar refractivity (Wildman–Crippen MR) is 56.7 cm³/mol. The number of hydrogen-bond acceptors (Lipinski definition) is 3. The van der Waals surface area contributed by atoms with Gasteiger partial charge >= 0.3 is 0 Å². The molecular formula is C10H19NO2S. The fraction of sp³-hybridized carbons (Fsp3) is 1.00. The van der Waals surface area contributed by atoms with E-state index in [2.05, 4.69) is 0 Å². The molecule has 2 aliphatic rings. The molecule has 0 aromatic rings. The lowest BCUT2D eigenvalue weighted by Crippen LogP contribution is -2.44. The first-order valence-electron chi connectivity index (χ1n) is 5.53. The molecule has 14 heavy (non-hydrogen) atoms. The Hall–Kier alpha value is -0.0900. The van der Waals surface area contributed by atoms with Crippen molar-refractivity contribution in [3.05, 3.63) is 0 Å². The second kappa shape index (κ2) is 3.81. The Morgan fingerprint density at radius 3 is 2.43 bits per heavy atom. The number of rotatable bonds is 2. The summed E-state index contributed by atoms with van der Waals surface area (Å²) in [6, 6.07) is -0.102. The van der Waals surface area contributed by atoms with Gasteiger partial charge in [-0.2, -0.15) is 0 Å². The molecule has 4 heteroatoms. The zero-order valence-corrected chi connectivity index (χ0v) is 9.30. The maximum atomic E-state index is 11.3. The maximum Gasteiger partial charge on any atom is 0.151 e. The summed E-state index contributed by atoms with van der Waals surface area (Å²) in [5, 5.41) is 0. The highest BCUT2D eigenvalue weighted by atomic mass is 32.2. The van der Waals surface area contributed by atoms with Gasteiger partial charge in [0.2, 0.25) is 0 Å². The summed E-state index contributed by atoms with van der Waals surface area (Å²) < 4.78 is 22.6. The highest BCUT2D eigenvalue weighted by Crippen LogP contribution is 2.35. The van der Waals surface area contributed by atoms with Crippen molar-refractivity contribution in [1.29, 1.82) is 0 Å². The van der Waals surface area contributed by atoms with Crippen LogP contribution in [0.3, 0.4) is 0 Å².